The molecular weight excluding hydrogens is 368 g/mol. The molecule has 1 heterocycles. The number of nitrogens with one attached hydrogen (secondary N) is 2. The van der Waals surface area contributed by atoms with E-state index < -0.39 is 5.91 Å². The Bertz CT molecular complexity index is 1210. The number of ether oxygens (including phenoxy) is 1. The molecule has 0 unspecified atom stereocenters. The SMILES string of the molecule is COc1cccc(-c2cc(C(=O)NN=Cc3c(O)ccc4ccccc34)[nH]n2)c1. The number of hydrogen-bond donors (Lipinski definition) is 3. The molecule has 0 bridgehead atoms. The lowest BCUT2D eigenvalue weighted by Gasteiger charge is -2.04. The van der Waals surface area contributed by atoms with Gasteiger partial charge in [0, 0.05) is 11.1 Å². The summed E-state index contributed by atoms with van der Waals surface area (Å²) < 4.78 is 5.21. The van der Waals surface area contributed by atoms with Gasteiger partial charge in [-0.15, -0.1) is 0 Å². The highest BCUT2D eigenvalue weighted by Crippen LogP contribution is 2.25. The molecule has 144 valence electrons. The van der Waals surface area contributed by atoms with Crippen LogP contribution in [0.5, 0.6) is 11.5 Å². The van der Waals surface area contributed by atoms with Crippen LogP contribution in [0.15, 0.2) is 71.8 Å². The summed E-state index contributed by atoms with van der Waals surface area (Å²) in [5.74, 6) is 0.349. The predicted octanol–water partition coefficient (Wildman–Crippen LogP) is 3.71. The maximum atomic E-state index is 12.4. The van der Waals surface area contributed by atoms with Crippen LogP contribution < -0.4 is 10.2 Å². The third kappa shape index (κ3) is 3.79. The highest BCUT2D eigenvalue weighted by molar-refractivity contribution is 6.03. The van der Waals surface area contributed by atoms with Crippen LogP contribution in [-0.4, -0.2) is 34.5 Å². The van der Waals surface area contributed by atoms with Crippen LogP contribution in [-0.2, 0) is 0 Å². The Morgan fingerprint density at radius 2 is 2.00 bits per heavy atom. The van der Waals surface area contributed by atoms with Crippen LogP contribution in [0, 0.1) is 0 Å². The highest BCUT2D eigenvalue weighted by Gasteiger charge is 2.11. The van der Waals surface area contributed by atoms with Gasteiger partial charge in [-0.25, -0.2) is 5.43 Å². The van der Waals surface area contributed by atoms with Crippen LogP contribution in [0.25, 0.3) is 22.0 Å². The minimum atomic E-state index is -0.442. The number of nitrogens with zero attached hydrogens (tertiary/aromatic N) is 2. The summed E-state index contributed by atoms with van der Waals surface area (Å²) >= 11 is 0. The lowest BCUT2D eigenvalue weighted by molar-refractivity contribution is 0.0950. The van der Waals surface area contributed by atoms with Gasteiger partial charge in [0.2, 0.25) is 0 Å². The summed E-state index contributed by atoms with van der Waals surface area (Å²) in [7, 11) is 1.59. The van der Waals surface area contributed by atoms with Crippen LogP contribution in [0.3, 0.4) is 0 Å². The molecule has 4 aromatic rings. The average molecular weight is 386 g/mol. The van der Waals surface area contributed by atoms with Crippen molar-refractivity contribution in [1.29, 1.82) is 0 Å². The van der Waals surface area contributed by atoms with Gasteiger partial charge < -0.3 is 9.84 Å². The molecule has 0 saturated carbocycles. The molecule has 0 radical (unpaired) electrons. The van der Waals surface area contributed by atoms with E-state index in [0.29, 0.717) is 17.0 Å². The summed E-state index contributed by atoms with van der Waals surface area (Å²) in [6.45, 7) is 0. The van der Waals surface area contributed by atoms with Gasteiger partial charge in [-0.1, -0.05) is 42.5 Å². The number of rotatable bonds is 5. The number of methoxy groups -OCH3 is 1. The van der Waals surface area contributed by atoms with Crippen molar-refractivity contribution in [3.05, 3.63) is 78.0 Å². The van der Waals surface area contributed by atoms with Crippen molar-refractivity contribution in [3.8, 4) is 22.8 Å². The van der Waals surface area contributed by atoms with Crippen molar-refractivity contribution >= 4 is 22.9 Å². The van der Waals surface area contributed by atoms with Crippen molar-refractivity contribution in [1.82, 2.24) is 15.6 Å². The second-order valence-corrected chi connectivity index (χ2v) is 6.32. The van der Waals surface area contributed by atoms with E-state index >= 15 is 0 Å². The van der Waals surface area contributed by atoms with Gasteiger partial charge in [0.05, 0.1) is 19.0 Å². The fourth-order valence-corrected chi connectivity index (χ4v) is 3.00. The normalized spacial score (nSPS) is 11.1. The fourth-order valence-electron chi connectivity index (χ4n) is 3.00. The molecule has 1 aromatic heterocycles. The Kier molecular flexibility index (Phi) is 4.94. The van der Waals surface area contributed by atoms with E-state index in [4.69, 9.17) is 4.74 Å². The lowest BCUT2D eigenvalue weighted by Crippen LogP contribution is -2.18. The third-order valence-electron chi connectivity index (χ3n) is 4.50. The molecule has 7 nitrogen and oxygen atoms in total. The number of benzene rings is 3. The maximum Gasteiger partial charge on any atom is 0.289 e. The van der Waals surface area contributed by atoms with E-state index in [1.807, 2.05) is 54.6 Å². The van der Waals surface area contributed by atoms with Gasteiger partial charge in [-0.3, -0.25) is 9.89 Å². The number of phenolic OH excluding ortho intramolecular Hbond substituents is 1. The van der Waals surface area contributed by atoms with Gasteiger partial charge in [-0.05, 0) is 35.0 Å². The smallest absolute Gasteiger partial charge is 0.289 e. The molecule has 0 aliphatic rings. The molecular formula is C22H18N4O3. The molecule has 1 amide bonds. The van der Waals surface area contributed by atoms with Crippen molar-refractivity contribution in [3.63, 3.8) is 0 Å². The Labute approximate surface area is 166 Å². The number of carbonyl (C=O) groups excluding carboxylic acids is 1. The number of hydrogen-bond acceptors (Lipinski definition) is 5. The first-order valence-corrected chi connectivity index (χ1v) is 8.89. The van der Waals surface area contributed by atoms with E-state index in [1.165, 1.54) is 6.21 Å². The molecule has 0 aliphatic heterocycles. The first-order chi connectivity index (χ1) is 14.2. The Hall–Kier alpha value is -4.13. The van der Waals surface area contributed by atoms with E-state index in [-0.39, 0.29) is 11.4 Å². The number of aromatic hydroxyl groups is 1. The lowest BCUT2D eigenvalue weighted by atomic mass is 10.0. The monoisotopic (exact) mass is 386 g/mol. The Morgan fingerprint density at radius 3 is 2.86 bits per heavy atom. The van der Waals surface area contributed by atoms with Crippen molar-refractivity contribution in [2.45, 2.75) is 0 Å². The van der Waals surface area contributed by atoms with Gasteiger partial charge in [0.25, 0.3) is 5.91 Å². The van der Waals surface area contributed by atoms with Crippen LogP contribution in [0.4, 0.5) is 0 Å². The summed E-state index contributed by atoms with van der Waals surface area (Å²) in [5, 5.41) is 22.8. The summed E-state index contributed by atoms with van der Waals surface area (Å²) in [5.41, 5.74) is 4.69. The molecule has 7 heteroatoms. The zero-order chi connectivity index (χ0) is 20.2. The molecule has 3 aromatic carbocycles. The Morgan fingerprint density at radius 1 is 1.14 bits per heavy atom. The van der Waals surface area contributed by atoms with Gasteiger partial charge in [0.15, 0.2) is 0 Å². The number of fused-ring (bicyclic) bond motifs is 1. The number of phenols is 1. The largest absolute Gasteiger partial charge is 0.507 e. The molecule has 0 aliphatic carbocycles. The fraction of sp³-hybridized carbons (Fsp3) is 0.0455. The van der Waals surface area contributed by atoms with E-state index in [0.717, 1.165) is 16.3 Å². The molecule has 0 fully saturated rings. The minimum absolute atomic E-state index is 0.0866. The molecule has 0 saturated heterocycles. The summed E-state index contributed by atoms with van der Waals surface area (Å²) in [6.07, 6.45) is 1.43. The Balaban J connectivity index is 1.51. The average Bonchev–Trinajstić information content (AvgIpc) is 3.26. The number of aromatic amines is 1. The zero-order valence-electron chi connectivity index (χ0n) is 15.6. The maximum absolute atomic E-state index is 12.4. The quantitative estimate of drug-likeness (QED) is 0.360. The molecule has 0 spiro atoms. The second kappa shape index (κ2) is 7.85. The molecule has 3 N–H and O–H groups in total. The molecule has 29 heavy (non-hydrogen) atoms. The van der Waals surface area contributed by atoms with E-state index in [9.17, 15) is 9.90 Å². The summed E-state index contributed by atoms with van der Waals surface area (Å²) in [6, 6.07) is 20.1. The number of carbonyl (C=O) groups is 1. The van der Waals surface area contributed by atoms with Gasteiger partial charge >= 0.3 is 0 Å². The van der Waals surface area contributed by atoms with Crippen molar-refractivity contribution < 1.29 is 14.6 Å². The van der Waals surface area contributed by atoms with Gasteiger partial charge in [0.1, 0.15) is 17.2 Å². The highest BCUT2D eigenvalue weighted by atomic mass is 16.5. The standard InChI is InChI=1S/C22H18N4O3/c1-29-16-7-4-6-15(11-16)19-12-20(25-24-19)22(28)26-23-13-18-17-8-3-2-5-14(17)9-10-21(18)27/h2-13,27H,1H3,(H,24,25)(H,26,28). The van der Waals surface area contributed by atoms with Crippen LogP contribution >= 0.6 is 0 Å². The number of H-pyrrole nitrogens is 1. The third-order valence-corrected chi connectivity index (χ3v) is 4.50. The zero-order valence-corrected chi connectivity index (χ0v) is 15.6. The topological polar surface area (TPSA) is 99.6 Å². The molecule has 0 atom stereocenters. The summed E-state index contributed by atoms with van der Waals surface area (Å²) in [4.78, 5) is 12.4. The van der Waals surface area contributed by atoms with Gasteiger partial charge in [-0.2, -0.15) is 10.2 Å². The number of amides is 1. The minimum Gasteiger partial charge on any atom is -0.507 e. The van der Waals surface area contributed by atoms with Crippen molar-refractivity contribution in [2.24, 2.45) is 5.10 Å². The van der Waals surface area contributed by atoms with E-state index in [1.54, 1.807) is 19.2 Å². The first kappa shape index (κ1) is 18.2. The second-order valence-electron chi connectivity index (χ2n) is 6.32. The van der Waals surface area contributed by atoms with Crippen LogP contribution in [0.1, 0.15) is 16.1 Å². The van der Waals surface area contributed by atoms with Crippen molar-refractivity contribution in [2.75, 3.05) is 7.11 Å². The van der Waals surface area contributed by atoms with Crippen LogP contribution in [0.2, 0.25) is 0 Å². The van der Waals surface area contributed by atoms with E-state index in [2.05, 4.69) is 20.7 Å². The number of hydrazone groups is 1. The predicted molar refractivity (Wildman–Crippen MR) is 111 cm³/mol. The first-order valence-electron chi connectivity index (χ1n) is 8.89. The number of aromatic nitrogens is 2. The molecule has 4 rings (SSSR count).